The van der Waals surface area contributed by atoms with Gasteiger partial charge in [-0.1, -0.05) is 51.7 Å². The lowest BCUT2D eigenvalue weighted by Crippen LogP contribution is -1.91. The molecule has 0 saturated carbocycles. The number of carboxylic acids is 1. The van der Waals surface area contributed by atoms with E-state index in [1.165, 1.54) is 32.1 Å². The molecule has 0 radical (unpaired) electrons. The number of carbonyl (C=O) groups is 1. The molecule has 1 N–H and O–H groups in total. The summed E-state index contributed by atoms with van der Waals surface area (Å²) in [5.41, 5.74) is 0. The highest BCUT2D eigenvalue weighted by Gasteiger charge is 1.97. The van der Waals surface area contributed by atoms with E-state index in [4.69, 9.17) is 5.11 Å². The van der Waals surface area contributed by atoms with Crippen molar-refractivity contribution in [2.24, 2.45) is 5.92 Å². The highest BCUT2D eigenvalue weighted by atomic mass is 16.4. The molecule has 0 rings (SSSR count). The van der Waals surface area contributed by atoms with Crippen molar-refractivity contribution in [3.8, 4) is 0 Å². The van der Waals surface area contributed by atoms with Crippen molar-refractivity contribution in [3.63, 3.8) is 0 Å². The molecule has 1 unspecified atom stereocenters. The van der Waals surface area contributed by atoms with Crippen molar-refractivity contribution in [3.05, 3.63) is 12.2 Å². The van der Waals surface area contributed by atoms with Crippen molar-refractivity contribution < 1.29 is 9.90 Å². The summed E-state index contributed by atoms with van der Waals surface area (Å²) < 4.78 is 0. The fraction of sp³-hybridized carbons (Fsp3) is 0.769. The number of hydrogen-bond donors (Lipinski definition) is 1. The molecule has 88 valence electrons. The van der Waals surface area contributed by atoms with Crippen LogP contribution in [0.1, 0.15) is 58.8 Å². The topological polar surface area (TPSA) is 37.3 Å². The van der Waals surface area contributed by atoms with E-state index in [0.29, 0.717) is 0 Å². The largest absolute Gasteiger partial charge is 0.481 e. The minimum Gasteiger partial charge on any atom is -0.481 e. The third-order valence-electron chi connectivity index (χ3n) is 2.72. The molecule has 1 atom stereocenters. The molecule has 2 nitrogen and oxygen atoms in total. The van der Waals surface area contributed by atoms with Gasteiger partial charge in [-0.2, -0.15) is 0 Å². The highest BCUT2D eigenvalue weighted by Crippen LogP contribution is 2.13. The maximum atomic E-state index is 10.2. The van der Waals surface area contributed by atoms with Crippen molar-refractivity contribution in [2.75, 3.05) is 0 Å². The van der Waals surface area contributed by atoms with Gasteiger partial charge >= 0.3 is 5.97 Å². The fourth-order valence-corrected chi connectivity index (χ4v) is 1.44. The molecule has 0 aliphatic carbocycles. The van der Waals surface area contributed by atoms with Gasteiger partial charge in [-0.25, -0.2) is 0 Å². The fourth-order valence-electron chi connectivity index (χ4n) is 1.44. The molecule has 2 heteroatoms. The summed E-state index contributed by atoms with van der Waals surface area (Å²) in [5, 5.41) is 8.39. The van der Waals surface area contributed by atoms with Gasteiger partial charge in [0.2, 0.25) is 0 Å². The van der Waals surface area contributed by atoms with Crippen molar-refractivity contribution in [1.82, 2.24) is 0 Å². The number of hydrogen-bond acceptors (Lipinski definition) is 1. The third kappa shape index (κ3) is 11.1. The van der Waals surface area contributed by atoms with Crippen LogP contribution in [0.5, 0.6) is 0 Å². The first kappa shape index (κ1) is 14.2. The van der Waals surface area contributed by atoms with E-state index in [1.54, 1.807) is 6.08 Å². The van der Waals surface area contributed by atoms with Crippen LogP contribution >= 0.6 is 0 Å². The van der Waals surface area contributed by atoms with Crippen LogP contribution in [0.3, 0.4) is 0 Å². The van der Waals surface area contributed by atoms with E-state index in [9.17, 15) is 4.79 Å². The molecule has 0 amide bonds. The van der Waals surface area contributed by atoms with E-state index in [1.807, 2.05) is 6.08 Å². The Kier molecular flexibility index (Phi) is 9.24. The Hall–Kier alpha value is -0.790. The Morgan fingerprint density at radius 3 is 2.60 bits per heavy atom. The van der Waals surface area contributed by atoms with E-state index < -0.39 is 5.97 Å². The molecule has 0 saturated heterocycles. The Bertz CT molecular complexity index is 185. The minimum absolute atomic E-state index is 0.160. The predicted molar refractivity (Wildman–Crippen MR) is 63.9 cm³/mol. The first-order valence-electron chi connectivity index (χ1n) is 6.03. The molecule has 0 bridgehead atoms. The summed E-state index contributed by atoms with van der Waals surface area (Å²) in [6.07, 6.45) is 11.3. The first-order chi connectivity index (χ1) is 7.16. The number of carboxylic acid groups (broad SMARTS) is 1. The van der Waals surface area contributed by atoms with Crippen LogP contribution in [0.2, 0.25) is 0 Å². The molecule has 0 heterocycles. The minimum atomic E-state index is -0.747. The van der Waals surface area contributed by atoms with Crippen molar-refractivity contribution in [2.45, 2.75) is 58.8 Å². The quantitative estimate of drug-likeness (QED) is 0.463. The zero-order valence-corrected chi connectivity index (χ0v) is 10.0. The van der Waals surface area contributed by atoms with Gasteiger partial charge in [0, 0.05) is 0 Å². The predicted octanol–water partition coefficient (Wildman–Crippen LogP) is 4.01. The molecular weight excluding hydrogens is 188 g/mol. The summed E-state index contributed by atoms with van der Waals surface area (Å²) in [4.78, 5) is 10.2. The number of aliphatic carboxylic acids is 1. The van der Waals surface area contributed by atoms with E-state index in [-0.39, 0.29) is 6.42 Å². The van der Waals surface area contributed by atoms with Gasteiger partial charge in [-0.3, -0.25) is 4.79 Å². The Morgan fingerprint density at radius 2 is 2.00 bits per heavy atom. The van der Waals surface area contributed by atoms with Crippen LogP contribution in [0.25, 0.3) is 0 Å². The summed E-state index contributed by atoms with van der Waals surface area (Å²) in [6, 6.07) is 0. The second-order valence-electron chi connectivity index (χ2n) is 4.22. The van der Waals surface area contributed by atoms with Crippen LogP contribution in [0, 0.1) is 5.92 Å². The third-order valence-corrected chi connectivity index (χ3v) is 2.72. The van der Waals surface area contributed by atoms with Crippen LogP contribution in [-0.4, -0.2) is 11.1 Å². The average Bonchev–Trinajstić information content (AvgIpc) is 2.21. The Balaban J connectivity index is 3.18. The number of unbranched alkanes of at least 4 members (excludes halogenated alkanes) is 3. The van der Waals surface area contributed by atoms with E-state index in [2.05, 4.69) is 13.8 Å². The second-order valence-corrected chi connectivity index (χ2v) is 4.22. The summed E-state index contributed by atoms with van der Waals surface area (Å²) in [7, 11) is 0. The lowest BCUT2D eigenvalue weighted by Gasteiger charge is -2.06. The van der Waals surface area contributed by atoms with Gasteiger partial charge in [0.1, 0.15) is 0 Å². The second kappa shape index (κ2) is 9.75. The molecule has 0 aliphatic rings. The molecular formula is C13H24O2. The van der Waals surface area contributed by atoms with E-state index >= 15 is 0 Å². The first-order valence-corrected chi connectivity index (χ1v) is 6.03. The van der Waals surface area contributed by atoms with Gasteiger partial charge in [-0.05, 0) is 18.8 Å². The number of allylic oxidation sites excluding steroid dienone is 1. The Morgan fingerprint density at radius 1 is 1.27 bits per heavy atom. The van der Waals surface area contributed by atoms with Crippen molar-refractivity contribution >= 4 is 5.97 Å². The molecule has 15 heavy (non-hydrogen) atoms. The number of rotatable bonds is 9. The maximum Gasteiger partial charge on any atom is 0.307 e. The molecule has 0 aliphatic heterocycles. The van der Waals surface area contributed by atoms with Gasteiger partial charge in [0.05, 0.1) is 6.42 Å². The monoisotopic (exact) mass is 212 g/mol. The SMILES string of the molecule is CCC(C)CCCCCC=CCC(=O)O. The molecule has 0 aromatic heterocycles. The van der Waals surface area contributed by atoms with Crippen LogP contribution in [0.4, 0.5) is 0 Å². The molecule has 0 spiro atoms. The van der Waals surface area contributed by atoms with Crippen LogP contribution < -0.4 is 0 Å². The lowest BCUT2D eigenvalue weighted by atomic mass is 10.0. The standard InChI is InChI=1S/C13H24O2/c1-3-12(2)10-8-6-4-5-7-9-11-13(14)15/h7,9,12H,3-6,8,10-11H2,1-2H3,(H,14,15). The summed E-state index contributed by atoms with van der Waals surface area (Å²) in [5.74, 6) is 0.107. The highest BCUT2D eigenvalue weighted by molar-refractivity contribution is 5.68. The van der Waals surface area contributed by atoms with Gasteiger partial charge in [-0.15, -0.1) is 0 Å². The zero-order chi connectivity index (χ0) is 11.5. The van der Waals surface area contributed by atoms with Gasteiger partial charge in [0.15, 0.2) is 0 Å². The molecule has 0 fully saturated rings. The smallest absolute Gasteiger partial charge is 0.307 e. The van der Waals surface area contributed by atoms with Gasteiger partial charge in [0.25, 0.3) is 0 Å². The Labute approximate surface area is 93.4 Å². The maximum absolute atomic E-state index is 10.2. The molecule has 0 aromatic carbocycles. The van der Waals surface area contributed by atoms with Gasteiger partial charge < -0.3 is 5.11 Å². The van der Waals surface area contributed by atoms with Crippen LogP contribution in [-0.2, 0) is 4.79 Å². The summed E-state index contributed by atoms with van der Waals surface area (Å²) >= 11 is 0. The molecule has 0 aromatic rings. The van der Waals surface area contributed by atoms with E-state index in [0.717, 1.165) is 12.3 Å². The normalized spacial score (nSPS) is 13.2. The van der Waals surface area contributed by atoms with Crippen LogP contribution in [0.15, 0.2) is 12.2 Å². The lowest BCUT2D eigenvalue weighted by molar-refractivity contribution is -0.136. The average molecular weight is 212 g/mol. The summed E-state index contributed by atoms with van der Waals surface area (Å²) in [6.45, 7) is 4.53. The van der Waals surface area contributed by atoms with Crippen molar-refractivity contribution in [1.29, 1.82) is 0 Å². The zero-order valence-electron chi connectivity index (χ0n) is 10.0.